The van der Waals surface area contributed by atoms with Crippen molar-refractivity contribution in [2.24, 2.45) is 0 Å². The van der Waals surface area contributed by atoms with Crippen molar-refractivity contribution in [3.8, 4) is 0 Å². The largest absolute Gasteiger partial charge is 0.451 e. The molecule has 0 bridgehead atoms. The van der Waals surface area contributed by atoms with E-state index < -0.39 is 48.3 Å². The van der Waals surface area contributed by atoms with Crippen molar-refractivity contribution in [1.82, 2.24) is 20.9 Å². The minimum Gasteiger partial charge on any atom is -0.451 e. The fraction of sp³-hybridized carbons (Fsp3) is 0.471. The number of benzene rings is 1. The van der Waals surface area contributed by atoms with Crippen LogP contribution in [0.15, 0.2) is 30.3 Å². The van der Waals surface area contributed by atoms with Crippen LogP contribution in [0.25, 0.3) is 0 Å². The van der Waals surface area contributed by atoms with Gasteiger partial charge in [-0.3, -0.25) is 10.8 Å². The van der Waals surface area contributed by atoms with Gasteiger partial charge in [-0.1, -0.05) is 18.2 Å². The van der Waals surface area contributed by atoms with E-state index in [1.165, 1.54) is 4.90 Å². The van der Waals surface area contributed by atoms with Gasteiger partial charge in [-0.2, -0.15) is 0 Å². The van der Waals surface area contributed by atoms with Crippen LogP contribution in [-0.2, 0) is 4.74 Å². The Labute approximate surface area is 160 Å². The van der Waals surface area contributed by atoms with Crippen molar-refractivity contribution in [2.45, 2.75) is 42.6 Å². The number of carbonyl (C=O) groups excluding carboxylic acids is 1. The Bertz CT molecular complexity index is 833. The Balaban J connectivity index is 1.75. The van der Waals surface area contributed by atoms with Gasteiger partial charge in [0.2, 0.25) is 5.79 Å². The van der Waals surface area contributed by atoms with Crippen LogP contribution >= 0.6 is 0 Å². The number of nitrogens with one attached hydrogen (secondary N) is 5. The summed E-state index contributed by atoms with van der Waals surface area (Å²) in [5.74, 6) is -3.78. The van der Waals surface area contributed by atoms with E-state index in [-0.39, 0.29) is 17.5 Å². The van der Waals surface area contributed by atoms with E-state index in [9.17, 15) is 20.1 Å². The molecule has 1 spiro atoms. The van der Waals surface area contributed by atoms with E-state index in [2.05, 4.69) is 16.0 Å². The molecule has 3 saturated heterocycles. The number of hydrogen-bond donors (Lipinski definition) is 8. The molecule has 3 heterocycles. The maximum Gasteiger partial charge on any atom is 0.338 e. The molecule has 3 aliphatic rings. The topological polar surface area (TPSA) is 174 Å². The molecule has 0 saturated carbocycles. The molecule has 1 aromatic rings. The van der Waals surface area contributed by atoms with E-state index in [1.807, 2.05) is 0 Å². The molecule has 0 unspecified atom stereocenters. The SMILES string of the molecule is C[C@H]1[C@H](OC(=O)c2ccccc2)C(O)(O)[C@]23NC(=N)N[C@H]2[C@H](CO)NC(=N)N13. The van der Waals surface area contributed by atoms with Gasteiger partial charge >= 0.3 is 5.97 Å². The molecule has 0 aromatic heterocycles. The Morgan fingerprint density at radius 1 is 1.25 bits per heavy atom. The van der Waals surface area contributed by atoms with Gasteiger partial charge in [0.25, 0.3) is 0 Å². The van der Waals surface area contributed by atoms with Crippen molar-refractivity contribution in [3.63, 3.8) is 0 Å². The number of hydrogen-bond acceptors (Lipinski definition) is 7. The van der Waals surface area contributed by atoms with E-state index in [0.29, 0.717) is 0 Å². The van der Waals surface area contributed by atoms with Gasteiger partial charge in [-0.05, 0) is 19.1 Å². The minimum absolute atomic E-state index is 0.183. The quantitative estimate of drug-likeness (QED) is 0.208. The van der Waals surface area contributed by atoms with Gasteiger partial charge in [-0.25, -0.2) is 4.79 Å². The first kappa shape index (κ1) is 18.5. The third kappa shape index (κ3) is 2.23. The number of aliphatic hydroxyl groups excluding tert-OH is 1. The highest BCUT2D eigenvalue weighted by atomic mass is 16.6. The number of carbonyl (C=O) groups is 1. The molecule has 8 N–H and O–H groups in total. The summed E-state index contributed by atoms with van der Waals surface area (Å²) < 4.78 is 5.47. The fourth-order valence-corrected chi connectivity index (χ4v) is 4.47. The average molecular weight is 390 g/mol. The molecule has 3 fully saturated rings. The average Bonchev–Trinajstić information content (AvgIpc) is 3.10. The number of guanidine groups is 2. The Kier molecular flexibility index (Phi) is 4.00. The summed E-state index contributed by atoms with van der Waals surface area (Å²) in [5, 5.41) is 56.5. The molecule has 28 heavy (non-hydrogen) atoms. The molecule has 0 amide bonds. The van der Waals surface area contributed by atoms with Crippen molar-refractivity contribution < 1.29 is 24.9 Å². The molecular weight excluding hydrogens is 368 g/mol. The second kappa shape index (κ2) is 6.06. The molecular formula is C17H22N6O5. The Hall–Kier alpha value is -2.89. The van der Waals surface area contributed by atoms with Crippen LogP contribution < -0.4 is 16.0 Å². The normalized spacial score (nSPS) is 35.4. The number of rotatable bonds is 3. The summed E-state index contributed by atoms with van der Waals surface area (Å²) >= 11 is 0. The molecule has 11 nitrogen and oxygen atoms in total. The lowest BCUT2D eigenvalue weighted by Gasteiger charge is -2.51. The van der Waals surface area contributed by atoms with Crippen LogP contribution in [0.4, 0.5) is 0 Å². The molecule has 5 atom stereocenters. The first-order chi connectivity index (χ1) is 13.2. The standard InChI is InChI=1S/C17H22N6O5/c1-8-12(28-13(25)9-5-3-2-4-6-9)17(26,27)16-11(21-14(18)22-16)10(7-24)20-15(19)23(8)16/h2-6,8,10-12,24,26-27H,7H2,1H3,(H2,19,20)(H3,18,21,22)/t8-,10-,11-,12-,16-/m0/s1. The van der Waals surface area contributed by atoms with Crippen molar-refractivity contribution in [1.29, 1.82) is 10.8 Å². The second-order valence-electron chi connectivity index (χ2n) is 7.20. The molecule has 150 valence electrons. The van der Waals surface area contributed by atoms with Gasteiger partial charge < -0.3 is 40.9 Å². The van der Waals surface area contributed by atoms with Gasteiger partial charge in [0, 0.05) is 0 Å². The summed E-state index contributed by atoms with van der Waals surface area (Å²) in [5.41, 5.74) is -1.53. The van der Waals surface area contributed by atoms with Crippen LogP contribution in [0.5, 0.6) is 0 Å². The zero-order chi connectivity index (χ0) is 20.3. The summed E-state index contributed by atoms with van der Waals surface area (Å²) in [7, 11) is 0. The summed E-state index contributed by atoms with van der Waals surface area (Å²) in [6.07, 6.45) is -1.43. The van der Waals surface area contributed by atoms with Crippen molar-refractivity contribution >= 4 is 17.9 Å². The highest BCUT2D eigenvalue weighted by Gasteiger charge is 2.77. The highest BCUT2D eigenvalue weighted by Crippen LogP contribution is 2.47. The Morgan fingerprint density at radius 2 is 1.93 bits per heavy atom. The smallest absolute Gasteiger partial charge is 0.338 e. The summed E-state index contributed by atoms with van der Waals surface area (Å²) in [4.78, 5) is 13.9. The zero-order valence-corrected chi connectivity index (χ0v) is 15.0. The lowest BCUT2D eigenvalue weighted by Crippen LogP contribution is -2.81. The molecule has 11 heteroatoms. The maximum absolute atomic E-state index is 12.5. The number of ether oxygens (including phenoxy) is 1. The summed E-state index contributed by atoms with van der Waals surface area (Å²) in [6.45, 7) is 1.18. The van der Waals surface area contributed by atoms with Gasteiger partial charge in [0.15, 0.2) is 23.7 Å². The van der Waals surface area contributed by atoms with Gasteiger partial charge in [-0.15, -0.1) is 0 Å². The maximum atomic E-state index is 12.5. The number of aliphatic hydroxyl groups is 3. The number of nitrogens with zero attached hydrogens (tertiary/aromatic N) is 1. The first-order valence-electron chi connectivity index (χ1n) is 8.83. The van der Waals surface area contributed by atoms with Crippen LogP contribution in [0.3, 0.4) is 0 Å². The molecule has 0 aliphatic carbocycles. The predicted molar refractivity (Wildman–Crippen MR) is 96.4 cm³/mol. The van der Waals surface area contributed by atoms with E-state index in [1.54, 1.807) is 37.3 Å². The van der Waals surface area contributed by atoms with Crippen LogP contribution in [-0.4, -0.2) is 80.4 Å². The molecule has 4 rings (SSSR count). The first-order valence-corrected chi connectivity index (χ1v) is 8.83. The van der Waals surface area contributed by atoms with E-state index in [0.717, 1.165) is 0 Å². The third-order valence-electron chi connectivity index (χ3n) is 5.65. The van der Waals surface area contributed by atoms with E-state index >= 15 is 0 Å². The zero-order valence-electron chi connectivity index (χ0n) is 15.0. The van der Waals surface area contributed by atoms with Crippen LogP contribution in [0.2, 0.25) is 0 Å². The third-order valence-corrected chi connectivity index (χ3v) is 5.65. The van der Waals surface area contributed by atoms with E-state index in [4.69, 9.17) is 15.6 Å². The van der Waals surface area contributed by atoms with Crippen molar-refractivity contribution in [3.05, 3.63) is 35.9 Å². The lowest BCUT2D eigenvalue weighted by atomic mass is 9.85. The Morgan fingerprint density at radius 3 is 2.57 bits per heavy atom. The molecule has 1 aromatic carbocycles. The summed E-state index contributed by atoms with van der Waals surface area (Å²) in [6, 6.07) is 5.69. The molecule has 0 radical (unpaired) electrons. The molecule has 3 aliphatic heterocycles. The van der Waals surface area contributed by atoms with Crippen molar-refractivity contribution in [2.75, 3.05) is 6.61 Å². The second-order valence-corrected chi connectivity index (χ2v) is 7.20. The van der Waals surface area contributed by atoms with Gasteiger partial charge in [0.05, 0.1) is 30.3 Å². The van der Waals surface area contributed by atoms with Crippen LogP contribution in [0.1, 0.15) is 17.3 Å². The monoisotopic (exact) mass is 390 g/mol. The number of esters is 1. The lowest BCUT2D eigenvalue weighted by molar-refractivity contribution is -0.258. The van der Waals surface area contributed by atoms with Gasteiger partial charge in [0.1, 0.15) is 0 Å². The predicted octanol–water partition coefficient (Wildman–Crippen LogP) is -2.31. The minimum atomic E-state index is -2.67. The van der Waals surface area contributed by atoms with Crippen LogP contribution in [0, 0.1) is 10.8 Å². The highest BCUT2D eigenvalue weighted by molar-refractivity contribution is 5.90. The fourth-order valence-electron chi connectivity index (χ4n) is 4.47.